The van der Waals surface area contributed by atoms with E-state index in [0.29, 0.717) is 35.7 Å². The Labute approximate surface area is 224 Å². The fraction of sp³-hybridized carbons (Fsp3) is 0.429. The van der Waals surface area contributed by atoms with Crippen LogP contribution in [0, 0.1) is 17.8 Å². The number of nitrogens with zero attached hydrogens (tertiary/aromatic N) is 2. The van der Waals surface area contributed by atoms with Crippen molar-refractivity contribution in [3.63, 3.8) is 0 Å². The molecule has 3 fully saturated rings. The topological polar surface area (TPSA) is 95.0 Å². The molecule has 2 saturated heterocycles. The zero-order valence-corrected chi connectivity index (χ0v) is 21.9. The highest BCUT2D eigenvalue weighted by atomic mass is 35.5. The number of hydrogen-bond donors (Lipinski definition) is 1. The third-order valence-electron chi connectivity index (χ3n) is 8.80. The Morgan fingerprint density at radius 2 is 1.68 bits per heavy atom. The molecule has 0 aromatic heterocycles. The SMILES string of the molecule is CCCN1C(=O)C2CC=C3C(CC4(Cl)C(=O)N(C)C(=O)C4(Cl)C3c3ccc(O)c4ccccc34)C2C1=O. The molecular formula is C28H26Cl2N2O5. The molecule has 2 aliphatic heterocycles. The zero-order chi connectivity index (χ0) is 26.4. The monoisotopic (exact) mass is 540 g/mol. The van der Waals surface area contributed by atoms with E-state index in [1.54, 1.807) is 24.3 Å². The summed E-state index contributed by atoms with van der Waals surface area (Å²) >= 11 is 14.4. The van der Waals surface area contributed by atoms with Gasteiger partial charge in [0.2, 0.25) is 11.8 Å². The Bertz CT molecular complexity index is 1440. The van der Waals surface area contributed by atoms with Gasteiger partial charge in [-0.15, -0.1) is 23.2 Å². The number of alkyl halides is 2. The Balaban J connectivity index is 1.61. The Morgan fingerprint density at radius 3 is 2.38 bits per heavy atom. The van der Waals surface area contributed by atoms with Crippen LogP contribution in [0.4, 0.5) is 0 Å². The standard InChI is InChI=1S/C28H26Cl2N2O5/c1-3-12-32-23(34)18-9-8-17-19(21(18)24(32)35)13-27(29)25(36)31(2)26(37)28(27,30)22(17)16-10-11-20(33)15-7-5-4-6-14(15)16/h4-8,10-11,18-19,21-22,33H,3,9,12-13H2,1-2H3. The van der Waals surface area contributed by atoms with E-state index in [9.17, 15) is 24.3 Å². The lowest BCUT2D eigenvalue weighted by Gasteiger charge is -2.51. The molecule has 2 heterocycles. The van der Waals surface area contributed by atoms with Crippen LogP contribution in [0.2, 0.25) is 0 Å². The summed E-state index contributed by atoms with van der Waals surface area (Å²) in [6.07, 6.45) is 2.89. The van der Waals surface area contributed by atoms with Gasteiger partial charge >= 0.3 is 0 Å². The third kappa shape index (κ3) is 2.90. The average Bonchev–Trinajstić information content (AvgIpc) is 3.20. The Kier molecular flexibility index (Phi) is 5.32. The predicted molar refractivity (Wildman–Crippen MR) is 138 cm³/mol. The molecule has 37 heavy (non-hydrogen) atoms. The summed E-state index contributed by atoms with van der Waals surface area (Å²) in [5.74, 6) is -4.17. The first-order chi connectivity index (χ1) is 17.6. The highest BCUT2D eigenvalue weighted by molar-refractivity contribution is 6.53. The molecule has 192 valence electrons. The van der Waals surface area contributed by atoms with Gasteiger partial charge in [0.25, 0.3) is 11.8 Å². The van der Waals surface area contributed by atoms with E-state index in [-0.39, 0.29) is 24.0 Å². The van der Waals surface area contributed by atoms with E-state index >= 15 is 0 Å². The van der Waals surface area contributed by atoms with E-state index in [1.165, 1.54) is 11.9 Å². The number of carbonyl (C=O) groups excluding carboxylic acids is 4. The fourth-order valence-corrected chi connectivity index (χ4v) is 8.17. The molecule has 0 bridgehead atoms. The van der Waals surface area contributed by atoms with Gasteiger partial charge in [-0.05, 0) is 42.2 Å². The molecule has 2 aromatic rings. The van der Waals surface area contributed by atoms with Crippen molar-refractivity contribution in [2.24, 2.45) is 17.8 Å². The summed E-state index contributed by atoms with van der Waals surface area (Å²) in [4.78, 5) is 52.6. The number of rotatable bonds is 3. The summed E-state index contributed by atoms with van der Waals surface area (Å²) < 4.78 is 0. The van der Waals surface area contributed by atoms with Crippen LogP contribution in [-0.2, 0) is 19.2 Å². The highest BCUT2D eigenvalue weighted by Crippen LogP contribution is 2.65. The summed E-state index contributed by atoms with van der Waals surface area (Å²) in [5, 5.41) is 11.8. The molecule has 0 radical (unpaired) electrons. The summed E-state index contributed by atoms with van der Waals surface area (Å²) in [5.41, 5.74) is 1.39. The molecular weight excluding hydrogens is 515 g/mol. The number of phenols is 1. The van der Waals surface area contributed by atoms with Gasteiger partial charge in [0.1, 0.15) is 5.75 Å². The Morgan fingerprint density at radius 1 is 0.973 bits per heavy atom. The van der Waals surface area contributed by atoms with Crippen molar-refractivity contribution >= 4 is 57.6 Å². The lowest BCUT2D eigenvalue weighted by Crippen LogP contribution is -2.60. The van der Waals surface area contributed by atoms with Gasteiger partial charge in [-0.1, -0.05) is 48.9 Å². The first-order valence-electron chi connectivity index (χ1n) is 12.5. The van der Waals surface area contributed by atoms with E-state index in [1.807, 2.05) is 25.1 Å². The average molecular weight is 541 g/mol. The van der Waals surface area contributed by atoms with Gasteiger partial charge in [0.05, 0.1) is 11.8 Å². The zero-order valence-electron chi connectivity index (χ0n) is 20.4. The van der Waals surface area contributed by atoms with Crippen LogP contribution >= 0.6 is 23.2 Å². The number of imide groups is 2. The molecule has 1 N–H and O–H groups in total. The maximum absolute atomic E-state index is 13.7. The van der Waals surface area contributed by atoms with Crippen LogP contribution in [0.3, 0.4) is 0 Å². The minimum absolute atomic E-state index is 0.0224. The highest BCUT2D eigenvalue weighted by Gasteiger charge is 2.75. The normalized spacial score (nSPS) is 35.1. The molecule has 6 atom stereocenters. The second-order valence-corrected chi connectivity index (χ2v) is 11.8. The minimum atomic E-state index is -1.84. The minimum Gasteiger partial charge on any atom is -0.507 e. The number of likely N-dealkylation sites (tertiary alicyclic amines) is 2. The summed E-state index contributed by atoms with van der Waals surface area (Å²) in [6.45, 7) is 2.25. The van der Waals surface area contributed by atoms with Crippen LogP contribution in [0.25, 0.3) is 10.8 Å². The van der Waals surface area contributed by atoms with Crippen molar-refractivity contribution < 1.29 is 24.3 Å². The maximum atomic E-state index is 13.7. The lowest BCUT2D eigenvalue weighted by molar-refractivity contribution is -0.141. The number of amides is 4. The molecule has 2 aromatic carbocycles. The summed E-state index contributed by atoms with van der Waals surface area (Å²) in [7, 11) is 1.37. The number of benzene rings is 2. The van der Waals surface area contributed by atoms with Crippen molar-refractivity contribution in [2.45, 2.75) is 41.9 Å². The number of halogens is 2. The lowest BCUT2D eigenvalue weighted by atomic mass is 9.56. The number of carbonyl (C=O) groups is 4. The second kappa shape index (κ2) is 8.05. The van der Waals surface area contributed by atoms with Gasteiger partial charge in [0, 0.05) is 24.9 Å². The maximum Gasteiger partial charge on any atom is 0.253 e. The van der Waals surface area contributed by atoms with E-state index < -0.39 is 45.2 Å². The molecule has 6 rings (SSSR count). The number of allylic oxidation sites excluding steroid dienone is 2. The first-order valence-corrected chi connectivity index (χ1v) is 13.3. The number of fused-ring (bicyclic) bond motifs is 5. The summed E-state index contributed by atoms with van der Waals surface area (Å²) in [6, 6.07) is 10.5. The van der Waals surface area contributed by atoms with Crippen LogP contribution in [0.15, 0.2) is 48.0 Å². The second-order valence-electron chi connectivity index (χ2n) is 10.5. The molecule has 1 saturated carbocycles. The van der Waals surface area contributed by atoms with Crippen LogP contribution < -0.4 is 0 Å². The number of aromatic hydroxyl groups is 1. The van der Waals surface area contributed by atoms with Gasteiger partial charge in [-0.3, -0.25) is 29.0 Å². The largest absolute Gasteiger partial charge is 0.507 e. The predicted octanol–water partition coefficient (Wildman–Crippen LogP) is 3.94. The van der Waals surface area contributed by atoms with Gasteiger partial charge in [0.15, 0.2) is 9.75 Å². The van der Waals surface area contributed by atoms with Crippen LogP contribution in [0.5, 0.6) is 5.75 Å². The van der Waals surface area contributed by atoms with Crippen molar-refractivity contribution in [2.75, 3.05) is 13.6 Å². The van der Waals surface area contributed by atoms with Crippen LogP contribution in [0.1, 0.15) is 37.7 Å². The van der Waals surface area contributed by atoms with Gasteiger partial charge in [-0.25, -0.2) is 0 Å². The molecule has 6 unspecified atom stereocenters. The van der Waals surface area contributed by atoms with Gasteiger partial charge in [-0.2, -0.15) is 0 Å². The smallest absolute Gasteiger partial charge is 0.253 e. The molecule has 4 aliphatic rings. The van der Waals surface area contributed by atoms with E-state index in [2.05, 4.69) is 0 Å². The number of hydrogen-bond acceptors (Lipinski definition) is 5. The van der Waals surface area contributed by atoms with Crippen molar-refractivity contribution in [1.82, 2.24) is 9.80 Å². The van der Waals surface area contributed by atoms with Crippen molar-refractivity contribution in [3.8, 4) is 5.75 Å². The Hall–Kier alpha value is -2.90. The fourth-order valence-electron chi connectivity index (χ4n) is 7.16. The molecule has 4 amide bonds. The number of phenolic OH excluding ortho intramolecular Hbond substituents is 1. The van der Waals surface area contributed by atoms with Crippen molar-refractivity contribution in [3.05, 3.63) is 53.6 Å². The third-order valence-corrected chi connectivity index (χ3v) is 10.2. The van der Waals surface area contributed by atoms with Crippen LogP contribution in [-0.4, -0.2) is 61.9 Å². The first kappa shape index (κ1) is 24.4. The molecule has 9 heteroatoms. The van der Waals surface area contributed by atoms with E-state index in [4.69, 9.17) is 23.2 Å². The quantitative estimate of drug-likeness (QED) is 0.361. The molecule has 0 spiro atoms. The molecule has 2 aliphatic carbocycles. The van der Waals surface area contributed by atoms with E-state index in [0.717, 1.165) is 10.5 Å². The van der Waals surface area contributed by atoms with Crippen molar-refractivity contribution in [1.29, 1.82) is 0 Å². The molecule has 7 nitrogen and oxygen atoms in total. The van der Waals surface area contributed by atoms with Gasteiger partial charge < -0.3 is 5.11 Å².